The summed E-state index contributed by atoms with van der Waals surface area (Å²) in [7, 11) is 0. The van der Waals surface area contributed by atoms with Crippen LogP contribution in [0.3, 0.4) is 0 Å². The van der Waals surface area contributed by atoms with Crippen molar-refractivity contribution in [3.63, 3.8) is 0 Å². The largest absolute Gasteiger partial charge is 0.311 e. The van der Waals surface area contributed by atoms with E-state index in [-0.39, 0.29) is 0 Å². The van der Waals surface area contributed by atoms with Gasteiger partial charge in [-0.15, -0.1) is 0 Å². The molecular weight excluding hydrogens is 283 g/mol. The van der Waals surface area contributed by atoms with Gasteiger partial charge in [-0.1, -0.05) is 0 Å². The Kier molecular flexibility index (Phi) is 2.95. The molecule has 0 aliphatic heterocycles. The van der Waals surface area contributed by atoms with E-state index in [9.17, 15) is 4.39 Å². The fraction of sp³-hybridized carbons (Fsp3) is 0.615. The Morgan fingerprint density at radius 1 is 1.41 bits per heavy atom. The summed E-state index contributed by atoms with van der Waals surface area (Å²) in [4.78, 5) is 4.41. The smallest absolute Gasteiger partial charge is 0.123 e. The van der Waals surface area contributed by atoms with E-state index in [1.54, 1.807) is 0 Å². The monoisotopic (exact) mass is 298 g/mol. The van der Waals surface area contributed by atoms with E-state index in [0.717, 1.165) is 35.8 Å². The molecule has 0 saturated heterocycles. The number of alkyl halides is 1. The van der Waals surface area contributed by atoms with Crippen LogP contribution in [0.15, 0.2) is 22.8 Å². The summed E-state index contributed by atoms with van der Waals surface area (Å²) >= 11 is 3.38. The van der Waals surface area contributed by atoms with Gasteiger partial charge in [0.1, 0.15) is 5.67 Å². The lowest BCUT2D eigenvalue weighted by Gasteiger charge is -2.36. The van der Waals surface area contributed by atoms with Gasteiger partial charge < -0.3 is 5.32 Å². The number of halogens is 2. The van der Waals surface area contributed by atoms with Crippen LogP contribution in [0.25, 0.3) is 0 Å². The topological polar surface area (TPSA) is 24.9 Å². The molecule has 2 saturated carbocycles. The third-order valence-corrected chi connectivity index (χ3v) is 4.28. The first-order valence-corrected chi connectivity index (χ1v) is 6.98. The Hall–Kier alpha value is -0.480. The Bertz CT molecular complexity index is 396. The van der Waals surface area contributed by atoms with Gasteiger partial charge in [-0.25, -0.2) is 4.39 Å². The van der Waals surface area contributed by atoms with Crippen molar-refractivity contribution < 1.29 is 4.39 Å². The van der Waals surface area contributed by atoms with E-state index in [2.05, 4.69) is 32.3 Å². The van der Waals surface area contributed by atoms with Gasteiger partial charge in [-0.3, -0.25) is 4.98 Å². The Balaban J connectivity index is 1.46. The van der Waals surface area contributed by atoms with E-state index in [0.29, 0.717) is 18.5 Å². The van der Waals surface area contributed by atoms with Crippen LogP contribution in [0, 0.1) is 0 Å². The van der Waals surface area contributed by atoms with Gasteiger partial charge in [0, 0.05) is 34.9 Å². The lowest BCUT2D eigenvalue weighted by Crippen LogP contribution is -2.43. The summed E-state index contributed by atoms with van der Waals surface area (Å²) in [6.07, 6.45) is 5.50. The number of aromatic nitrogens is 1. The molecule has 2 fully saturated rings. The van der Waals surface area contributed by atoms with Gasteiger partial charge in [-0.2, -0.15) is 0 Å². The highest BCUT2D eigenvalue weighted by molar-refractivity contribution is 9.10. The van der Waals surface area contributed by atoms with E-state index in [1.165, 1.54) is 0 Å². The summed E-state index contributed by atoms with van der Waals surface area (Å²) < 4.78 is 14.4. The summed E-state index contributed by atoms with van der Waals surface area (Å²) in [5.74, 6) is 0.551. The van der Waals surface area contributed by atoms with Crippen LogP contribution in [0.4, 0.5) is 4.39 Å². The number of nitrogens with zero attached hydrogens (tertiary/aromatic N) is 1. The SMILES string of the molecule is FC1(CNC2CC(c3ccc(Br)cn3)C2)CC1. The van der Waals surface area contributed by atoms with Crippen molar-refractivity contribution in [1.82, 2.24) is 10.3 Å². The second-order valence-corrected chi connectivity index (χ2v) is 6.21. The maximum Gasteiger partial charge on any atom is 0.123 e. The summed E-state index contributed by atoms with van der Waals surface area (Å²) in [6, 6.07) is 4.59. The molecule has 1 heterocycles. The number of hydrogen-bond acceptors (Lipinski definition) is 2. The molecule has 92 valence electrons. The minimum atomic E-state index is -0.874. The third-order valence-electron chi connectivity index (χ3n) is 3.81. The van der Waals surface area contributed by atoms with Crippen molar-refractivity contribution >= 4 is 15.9 Å². The summed E-state index contributed by atoms with van der Waals surface area (Å²) in [6.45, 7) is 0.540. The molecule has 0 amide bonds. The summed E-state index contributed by atoms with van der Waals surface area (Å²) in [5.41, 5.74) is 0.286. The first-order valence-electron chi connectivity index (χ1n) is 6.18. The van der Waals surface area contributed by atoms with Gasteiger partial charge in [0.2, 0.25) is 0 Å². The molecular formula is C13H16BrFN2. The molecule has 3 rings (SSSR count). The summed E-state index contributed by atoms with van der Waals surface area (Å²) in [5, 5.41) is 3.32. The van der Waals surface area contributed by atoms with Gasteiger partial charge in [0.15, 0.2) is 0 Å². The van der Waals surface area contributed by atoms with Crippen LogP contribution in [0.1, 0.15) is 37.3 Å². The van der Waals surface area contributed by atoms with E-state index >= 15 is 0 Å². The Morgan fingerprint density at radius 2 is 2.18 bits per heavy atom. The second kappa shape index (κ2) is 4.32. The molecule has 0 unspecified atom stereocenters. The predicted octanol–water partition coefficient (Wildman–Crippen LogP) is 3.18. The van der Waals surface area contributed by atoms with Crippen molar-refractivity contribution in [2.24, 2.45) is 0 Å². The molecule has 2 aliphatic rings. The maximum absolute atomic E-state index is 13.4. The van der Waals surface area contributed by atoms with E-state index < -0.39 is 5.67 Å². The molecule has 2 aliphatic carbocycles. The average Bonchev–Trinajstić information content (AvgIpc) is 2.97. The second-order valence-electron chi connectivity index (χ2n) is 5.30. The van der Waals surface area contributed by atoms with Crippen LogP contribution < -0.4 is 5.32 Å². The van der Waals surface area contributed by atoms with E-state index in [1.807, 2.05) is 12.3 Å². The Morgan fingerprint density at radius 3 is 2.76 bits per heavy atom. The zero-order chi connectivity index (χ0) is 11.9. The highest BCUT2D eigenvalue weighted by Gasteiger charge is 2.44. The van der Waals surface area contributed by atoms with Crippen molar-refractivity contribution in [3.8, 4) is 0 Å². The molecule has 0 aromatic carbocycles. The predicted molar refractivity (Wildman–Crippen MR) is 68.8 cm³/mol. The highest BCUT2D eigenvalue weighted by Crippen LogP contribution is 2.41. The molecule has 0 spiro atoms. The normalized spacial score (nSPS) is 29.8. The number of rotatable bonds is 4. The maximum atomic E-state index is 13.4. The number of hydrogen-bond donors (Lipinski definition) is 1. The van der Waals surface area contributed by atoms with Crippen molar-refractivity contribution in [1.29, 1.82) is 0 Å². The van der Waals surface area contributed by atoms with Gasteiger partial charge in [0.05, 0.1) is 0 Å². The molecule has 17 heavy (non-hydrogen) atoms. The van der Waals surface area contributed by atoms with Gasteiger partial charge in [-0.05, 0) is 53.7 Å². The van der Waals surface area contributed by atoms with Crippen LogP contribution in [0.2, 0.25) is 0 Å². The molecule has 1 aromatic heterocycles. The van der Waals surface area contributed by atoms with Crippen LogP contribution in [0.5, 0.6) is 0 Å². The molecule has 0 atom stereocenters. The molecule has 2 nitrogen and oxygen atoms in total. The number of nitrogens with one attached hydrogen (secondary N) is 1. The lowest BCUT2D eigenvalue weighted by atomic mass is 9.78. The van der Waals surface area contributed by atoms with Gasteiger partial charge in [0.25, 0.3) is 0 Å². The fourth-order valence-corrected chi connectivity index (χ4v) is 2.53. The van der Waals surface area contributed by atoms with Crippen LogP contribution in [-0.4, -0.2) is 23.2 Å². The minimum Gasteiger partial charge on any atom is -0.311 e. The third kappa shape index (κ3) is 2.68. The minimum absolute atomic E-state index is 0.485. The molecule has 4 heteroatoms. The van der Waals surface area contributed by atoms with Crippen molar-refractivity contribution in [2.45, 2.75) is 43.3 Å². The molecule has 0 radical (unpaired) electrons. The highest BCUT2D eigenvalue weighted by atomic mass is 79.9. The van der Waals surface area contributed by atoms with Gasteiger partial charge >= 0.3 is 0 Å². The van der Waals surface area contributed by atoms with Crippen molar-refractivity contribution in [2.75, 3.05) is 6.54 Å². The lowest BCUT2D eigenvalue weighted by molar-refractivity contribution is 0.232. The zero-order valence-corrected chi connectivity index (χ0v) is 11.2. The van der Waals surface area contributed by atoms with E-state index in [4.69, 9.17) is 0 Å². The Labute approximate surface area is 109 Å². The molecule has 1 N–H and O–H groups in total. The fourth-order valence-electron chi connectivity index (χ4n) is 2.29. The quantitative estimate of drug-likeness (QED) is 0.923. The zero-order valence-electron chi connectivity index (χ0n) is 9.63. The first-order chi connectivity index (χ1) is 8.15. The standard InChI is InChI=1S/C13H16BrFN2/c14-10-1-2-12(16-7-10)9-5-11(6-9)17-8-13(15)3-4-13/h1-2,7,9,11,17H,3-6,8H2. The molecule has 0 bridgehead atoms. The van der Waals surface area contributed by atoms with Crippen molar-refractivity contribution in [3.05, 3.63) is 28.5 Å². The molecule has 1 aromatic rings. The van der Waals surface area contributed by atoms with Crippen LogP contribution in [-0.2, 0) is 0 Å². The number of pyridine rings is 1. The first kappa shape index (κ1) is 11.6. The van der Waals surface area contributed by atoms with Crippen LogP contribution >= 0.6 is 15.9 Å². The average molecular weight is 299 g/mol.